The molecule has 2 aromatic carbocycles. The second-order valence-electron chi connectivity index (χ2n) is 6.09. The van der Waals surface area contributed by atoms with Crippen molar-refractivity contribution in [2.45, 2.75) is 38.8 Å². The van der Waals surface area contributed by atoms with Crippen molar-refractivity contribution >= 4 is 11.9 Å². The van der Waals surface area contributed by atoms with Gasteiger partial charge >= 0.3 is 0 Å². The van der Waals surface area contributed by atoms with Crippen LogP contribution < -0.4 is 15.2 Å². The lowest BCUT2D eigenvalue weighted by Crippen LogP contribution is -2.35. The number of rotatable bonds is 8. The monoisotopic (exact) mass is 340 g/mol. The molecule has 0 aromatic heterocycles. The Kier molecular flexibility index (Phi) is 6.57. The molecular formula is C20H22NO4-. The van der Waals surface area contributed by atoms with Crippen LogP contribution in [0, 0.1) is 0 Å². The minimum Gasteiger partial charge on any atom is -0.550 e. The first-order valence-corrected chi connectivity index (χ1v) is 8.24. The Hall–Kier alpha value is -2.82. The lowest BCUT2D eigenvalue weighted by Gasteiger charge is -2.20. The van der Waals surface area contributed by atoms with E-state index in [1.807, 2.05) is 44.2 Å². The van der Waals surface area contributed by atoms with Crippen molar-refractivity contribution in [2.24, 2.45) is 0 Å². The Balaban J connectivity index is 2.07. The topological polar surface area (TPSA) is 78.5 Å². The number of hydrogen-bond acceptors (Lipinski definition) is 4. The van der Waals surface area contributed by atoms with E-state index in [9.17, 15) is 14.7 Å². The van der Waals surface area contributed by atoms with Crippen molar-refractivity contribution < 1.29 is 19.4 Å². The summed E-state index contributed by atoms with van der Waals surface area (Å²) in [6.07, 6.45) is -0.0421. The molecule has 1 atom stereocenters. The van der Waals surface area contributed by atoms with Crippen LogP contribution in [0.2, 0.25) is 0 Å². The maximum Gasteiger partial charge on any atom is 0.224 e. The first-order chi connectivity index (χ1) is 11.9. The third-order valence-corrected chi connectivity index (χ3v) is 3.57. The van der Waals surface area contributed by atoms with Gasteiger partial charge in [0.15, 0.2) is 0 Å². The van der Waals surface area contributed by atoms with Crippen LogP contribution in [-0.4, -0.2) is 18.0 Å². The molecule has 0 aliphatic rings. The van der Waals surface area contributed by atoms with Gasteiger partial charge in [-0.25, -0.2) is 0 Å². The Labute approximate surface area is 147 Å². The average molecular weight is 340 g/mol. The highest BCUT2D eigenvalue weighted by atomic mass is 16.5. The summed E-state index contributed by atoms with van der Waals surface area (Å²) in [5, 5.41) is 13.8. The fourth-order valence-corrected chi connectivity index (χ4v) is 2.50. The molecule has 132 valence electrons. The Morgan fingerprint density at radius 2 is 1.68 bits per heavy atom. The Bertz CT molecular complexity index is 695. The molecule has 0 aliphatic heterocycles. The molecule has 0 heterocycles. The van der Waals surface area contributed by atoms with Crippen molar-refractivity contribution in [1.82, 2.24) is 5.32 Å². The smallest absolute Gasteiger partial charge is 0.224 e. The molecule has 0 bridgehead atoms. The second-order valence-corrected chi connectivity index (χ2v) is 6.09. The number of carbonyl (C=O) groups excluding carboxylic acids is 2. The van der Waals surface area contributed by atoms with Crippen molar-refractivity contribution in [1.29, 1.82) is 0 Å². The fourth-order valence-electron chi connectivity index (χ4n) is 2.50. The molecule has 0 saturated carbocycles. The molecule has 0 spiro atoms. The number of nitrogens with one attached hydrogen (secondary N) is 1. The predicted octanol–water partition coefficient (Wildman–Crippen LogP) is 2.01. The number of carboxylic acid groups (broad SMARTS) is 1. The van der Waals surface area contributed by atoms with Gasteiger partial charge in [0, 0.05) is 12.4 Å². The summed E-state index contributed by atoms with van der Waals surface area (Å²) in [6, 6.07) is 15.7. The zero-order valence-electron chi connectivity index (χ0n) is 14.4. The van der Waals surface area contributed by atoms with Crippen LogP contribution in [-0.2, 0) is 16.0 Å². The van der Waals surface area contributed by atoms with E-state index in [1.165, 1.54) is 0 Å². The molecule has 25 heavy (non-hydrogen) atoms. The molecule has 1 amide bonds. The van der Waals surface area contributed by atoms with Crippen LogP contribution in [0.1, 0.15) is 37.4 Å². The first kappa shape index (κ1) is 18.5. The van der Waals surface area contributed by atoms with E-state index in [-0.39, 0.29) is 24.9 Å². The van der Waals surface area contributed by atoms with Gasteiger partial charge in [-0.2, -0.15) is 0 Å². The predicted molar refractivity (Wildman–Crippen MR) is 92.9 cm³/mol. The number of benzene rings is 2. The van der Waals surface area contributed by atoms with Crippen molar-refractivity contribution in [3.05, 3.63) is 65.7 Å². The highest BCUT2D eigenvalue weighted by Crippen LogP contribution is 2.21. The molecule has 0 unspecified atom stereocenters. The summed E-state index contributed by atoms with van der Waals surface area (Å²) in [4.78, 5) is 23.3. The maximum absolute atomic E-state index is 12.2. The molecule has 0 saturated heterocycles. The summed E-state index contributed by atoms with van der Waals surface area (Å²) >= 11 is 0. The van der Waals surface area contributed by atoms with Crippen molar-refractivity contribution in [3.8, 4) is 5.75 Å². The molecule has 0 aliphatic carbocycles. The number of carbonyl (C=O) groups is 2. The van der Waals surface area contributed by atoms with Gasteiger partial charge in [0.1, 0.15) is 5.75 Å². The molecule has 5 nitrogen and oxygen atoms in total. The molecule has 2 aromatic rings. The van der Waals surface area contributed by atoms with Crippen LogP contribution in [0.3, 0.4) is 0 Å². The van der Waals surface area contributed by atoms with Crippen molar-refractivity contribution in [2.75, 3.05) is 0 Å². The lowest BCUT2D eigenvalue weighted by atomic mass is 10.0. The zero-order chi connectivity index (χ0) is 18.2. The van der Waals surface area contributed by atoms with Crippen molar-refractivity contribution in [3.63, 3.8) is 0 Å². The van der Waals surface area contributed by atoms with Crippen LogP contribution in [0.15, 0.2) is 54.6 Å². The number of hydrogen-bond donors (Lipinski definition) is 1. The summed E-state index contributed by atoms with van der Waals surface area (Å²) in [5.41, 5.74) is 1.56. The van der Waals surface area contributed by atoms with E-state index in [0.29, 0.717) is 11.3 Å². The minimum atomic E-state index is -1.22. The van der Waals surface area contributed by atoms with Gasteiger partial charge in [0.2, 0.25) is 5.91 Å². The Morgan fingerprint density at radius 1 is 1.04 bits per heavy atom. The molecule has 0 fully saturated rings. The maximum atomic E-state index is 12.2. The van der Waals surface area contributed by atoms with E-state index >= 15 is 0 Å². The van der Waals surface area contributed by atoms with E-state index in [1.54, 1.807) is 24.3 Å². The van der Waals surface area contributed by atoms with Gasteiger partial charge in [-0.3, -0.25) is 4.79 Å². The number of aliphatic carboxylic acids is 1. The first-order valence-electron chi connectivity index (χ1n) is 8.24. The van der Waals surface area contributed by atoms with Crippen LogP contribution in [0.25, 0.3) is 0 Å². The van der Waals surface area contributed by atoms with E-state index < -0.39 is 12.0 Å². The van der Waals surface area contributed by atoms with E-state index in [0.717, 1.165) is 5.56 Å². The molecule has 0 radical (unpaired) electrons. The third kappa shape index (κ3) is 6.30. The normalized spacial score (nSPS) is 11.8. The quantitative estimate of drug-likeness (QED) is 0.797. The van der Waals surface area contributed by atoms with E-state index in [4.69, 9.17) is 4.74 Å². The summed E-state index contributed by atoms with van der Waals surface area (Å²) in [6.45, 7) is 3.85. The highest BCUT2D eigenvalue weighted by molar-refractivity contribution is 5.79. The lowest BCUT2D eigenvalue weighted by molar-refractivity contribution is -0.306. The van der Waals surface area contributed by atoms with Crippen LogP contribution in [0.4, 0.5) is 0 Å². The number of ether oxygens (including phenoxy) is 1. The third-order valence-electron chi connectivity index (χ3n) is 3.57. The molecular weight excluding hydrogens is 318 g/mol. The summed E-state index contributed by atoms with van der Waals surface area (Å²) in [5.74, 6) is -0.756. The van der Waals surface area contributed by atoms with Gasteiger partial charge in [-0.1, -0.05) is 42.5 Å². The SMILES string of the molecule is CC(C)Oc1ccc([C@@H](CC(=O)[O-])NC(=O)Cc2ccccc2)cc1. The molecule has 1 N–H and O–H groups in total. The van der Waals surface area contributed by atoms with Gasteiger partial charge in [0.25, 0.3) is 0 Å². The summed E-state index contributed by atoms with van der Waals surface area (Å²) < 4.78 is 5.57. The van der Waals surface area contributed by atoms with Gasteiger partial charge < -0.3 is 20.0 Å². The fraction of sp³-hybridized carbons (Fsp3) is 0.300. The highest BCUT2D eigenvalue weighted by Gasteiger charge is 2.15. The standard InChI is InChI=1S/C20H23NO4/c1-14(2)25-17-10-8-16(9-11-17)18(13-20(23)24)21-19(22)12-15-6-4-3-5-7-15/h3-11,14,18H,12-13H2,1-2H3,(H,21,22)(H,23,24)/p-1/t18-/m1/s1. The average Bonchev–Trinajstić information content (AvgIpc) is 2.55. The largest absolute Gasteiger partial charge is 0.550 e. The number of amides is 1. The summed E-state index contributed by atoms with van der Waals surface area (Å²) in [7, 11) is 0. The van der Waals surface area contributed by atoms with E-state index in [2.05, 4.69) is 5.32 Å². The van der Waals surface area contributed by atoms with Gasteiger partial charge in [-0.05, 0) is 37.1 Å². The van der Waals surface area contributed by atoms with Gasteiger partial charge in [-0.15, -0.1) is 0 Å². The number of carboxylic acids is 1. The second kappa shape index (κ2) is 8.87. The molecule has 2 rings (SSSR count). The Morgan fingerprint density at radius 3 is 2.24 bits per heavy atom. The molecule has 5 heteroatoms. The van der Waals surface area contributed by atoms with Gasteiger partial charge in [0.05, 0.1) is 18.6 Å². The van der Waals surface area contributed by atoms with Crippen LogP contribution >= 0.6 is 0 Å². The zero-order valence-corrected chi connectivity index (χ0v) is 14.4. The minimum absolute atomic E-state index is 0.0513. The van der Waals surface area contributed by atoms with Crippen LogP contribution in [0.5, 0.6) is 5.75 Å².